The molecule has 0 heterocycles. The summed E-state index contributed by atoms with van der Waals surface area (Å²) in [6, 6.07) is 6.44. The number of rotatable bonds is 11. The molecule has 2 aromatic carbocycles. The van der Waals surface area contributed by atoms with Crippen molar-refractivity contribution in [3.8, 4) is 0 Å². The number of benzene rings is 2. The van der Waals surface area contributed by atoms with E-state index in [1.165, 1.54) is 33.7 Å². The van der Waals surface area contributed by atoms with E-state index in [1.54, 1.807) is 0 Å². The fourth-order valence-corrected chi connectivity index (χ4v) is 4.29. The molecule has 0 aliphatic carbocycles. The van der Waals surface area contributed by atoms with Crippen molar-refractivity contribution in [2.24, 2.45) is 0 Å². The summed E-state index contributed by atoms with van der Waals surface area (Å²) in [6.45, 7) is 0.464. The molecule has 0 fully saturated rings. The molecule has 32 heavy (non-hydrogen) atoms. The number of carbonyl (C=O) groups excluding carboxylic acids is 2. The third-order valence-corrected chi connectivity index (χ3v) is 6.50. The quantitative estimate of drug-likeness (QED) is 0.134. The summed E-state index contributed by atoms with van der Waals surface area (Å²) in [5, 5.41) is 41.5. The maximum atomic E-state index is 13.8. The summed E-state index contributed by atoms with van der Waals surface area (Å²) in [5.74, 6) is -1.95. The minimum absolute atomic E-state index is 0.00248. The second-order valence-electron chi connectivity index (χ2n) is 6.38. The Balaban J connectivity index is 1.66. The smallest absolute Gasteiger partial charge is 0.423 e. The van der Waals surface area contributed by atoms with Gasteiger partial charge in [0.25, 0.3) is 11.8 Å². The predicted molar refractivity (Wildman–Crippen MR) is 122 cm³/mol. The van der Waals surface area contributed by atoms with Crippen LogP contribution in [-0.4, -0.2) is 70.7 Å². The number of hydrogen-bond acceptors (Lipinski definition) is 8. The van der Waals surface area contributed by atoms with Gasteiger partial charge in [-0.05, 0) is 35.2 Å². The number of nitrogens with one attached hydrogen (secondary N) is 2. The molecule has 0 saturated carbocycles. The van der Waals surface area contributed by atoms with Crippen LogP contribution in [0.15, 0.2) is 36.4 Å². The molecular formula is C18H20B2F2N2O6S2. The zero-order chi connectivity index (χ0) is 23.7. The number of carbonyl (C=O) groups is 2. The van der Waals surface area contributed by atoms with E-state index in [4.69, 9.17) is 20.1 Å². The van der Waals surface area contributed by atoms with Crippen LogP contribution in [0.25, 0.3) is 0 Å². The highest BCUT2D eigenvalue weighted by molar-refractivity contribution is 8.76. The van der Waals surface area contributed by atoms with Crippen molar-refractivity contribution in [3.63, 3.8) is 0 Å². The standard InChI is InChI=1S/C18H20B2F2N2O6S2/c21-15-3-1-11(19(27)28)9-13(15)17(25)23-5-7-31-32-8-6-24-18(26)14-10-12(20(29)30)2-4-16(14)22/h1-4,9-10,27-30H,5-8H2,(H,23,25)(H,24,26). The van der Waals surface area contributed by atoms with E-state index < -0.39 is 37.7 Å². The zero-order valence-corrected chi connectivity index (χ0v) is 18.3. The second kappa shape index (κ2) is 12.8. The summed E-state index contributed by atoms with van der Waals surface area (Å²) in [5.41, 5.74) is -0.577. The van der Waals surface area contributed by atoms with Gasteiger partial charge in [-0.3, -0.25) is 9.59 Å². The van der Waals surface area contributed by atoms with E-state index in [0.29, 0.717) is 11.5 Å². The number of hydrogen-bond donors (Lipinski definition) is 6. The molecule has 2 rings (SSSR count). The SMILES string of the molecule is O=C(NCCSSCCNC(=O)c1cc(B(O)O)ccc1F)c1cc(B(O)O)ccc1F. The average Bonchev–Trinajstić information content (AvgIpc) is 2.75. The predicted octanol–water partition coefficient (Wildman–Crippen LogP) is -1.13. The molecule has 0 spiro atoms. The Morgan fingerprint density at radius 2 is 1.12 bits per heavy atom. The second-order valence-corrected chi connectivity index (χ2v) is 9.08. The Kier molecular flexibility index (Phi) is 10.5. The van der Waals surface area contributed by atoms with E-state index >= 15 is 0 Å². The van der Waals surface area contributed by atoms with E-state index in [2.05, 4.69) is 10.6 Å². The van der Waals surface area contributed by atoms with Crippen molar-refractivity contribution in [2.45, 2.75) is 0 Å². The van der Waals surface area contributed by atoms with Gasteiger partial charge in [-0.1, -0.05) is 33.7 Å². The van der Waals surface area contributed by atoms with Gasteiger partial charge in [0, 0.05) is 24.6 Å². The van der Waals surface area contributed by atoms with Crippen LogP contribution in [0.1, 0.15) is 20.7 Å². The first-order valence-corrected chi connectivity index (χ1v) is 11.8. The minimum atomic E-state index is -1.81. The van der Waals surface area contributed by atoms with Gasteiger partial charge in [0.15, 0.2) is 0 Å². The van der Waals surface area contributed by atoms with Crippen LogP contribution in [0.2, 0.25) is 0 Å². The lowest BCUT2D eigenvalue weighted by Gasteiger charge is -2.09. The van der Waals surface area contributed by atoms with Gasteiger partial charge in [-0.25, -0.2) is 8.78 Å². The van der Waals surface area contributed by atoms with Crippen LogP contribution in [0.5, 0.6) is 0 Å². The molecule has 0 saturated heterocycles. The Hall–Kier alpha value is -2.09. The fourth-order valence-electron chi connectivity index (χ4n) is 2.48. The third-order valence-electron chi connectivity index (χ3n) is 4.09. The lowest BCUT2D eigenvalue weighted by molar-refractivity contribution is 0.0943. The number of amides is 2. The van der Waals surface area contributed by atoms with Crippen molar-refractivity contribution in [1.82, 2.24) is 10.6 Å². The summed E-state index contributed by atoms with van der Waals surface area (Å²) in [6.07, 6.45) is 0. The highest BCUT2D eigenvalue weighted by atomic mass is 33.1. The Bertz CT molecular complexity index is 880. The van der Waals surface area contributed by atoms with Gasteiger partial charge < -0.3 is 30.7 Å². The molecule has 0 aliphatic rings. The first kappa shape index (κ1) is 26.2. The lowest BCUT2D eigenvalue weighted by atomic mass is 9.79. The molecule has 2 amide bonds. The summed E-state index contributed by atoms with van der Waals surface area (Å²) < 4.78 is 27.5. The first-order chi connectivity index (χ1) is 15.2. The maximum absolute atomic E-state index is 13.8. The molecule has 0 aliphatic heterocycles. The normalized spacial score (nSPS) is 10.6. The van der Waals surface area contributed by atoms with Gasteiger partial charge in [0.1, 0.15) is 11.6 Å². The molecule has 6 N–H and O–H groups in total. The van der Waals surface area contributed by atoms with Gasteiger partial charge in [0.2, 0.25) is 0 Å². The van der Waals surface area contributed by atoms with E-state index in [1.807, 2.05) is 0 Å². The van der Waals surface area contributed by atoms with Crippen molar-refractivity contribution in [3.05, 3.63) is 59.2 Å². The molecule has 0 radical (unpaired) electrons. The summed E-state index contributed by atoms with van der Waals surface area (Å²) in [4.78, 5) is 24.1. The van der Waals surface area contributed by atoms with Crippen molar-refractivity contribution in [2.75, 3.05) is 24.6 Å². The largest absolute Gasteiger partial charge is 0.488 e. The van der Waals surface area contributed by atoms with Gasteiger partial charge in [-0.15, -0.1) is 0 Å². The molecule has 0 unspecified atom stereocenters. The maximum Gasteiger partial charge on any atom is 0.488 e. The van der Waals surface area contributed by atoms with Crippen LogP contribution >= 0.6 is 21.6 Å². The molecule has 170 valence electrons. The Morgan fingerprint density at radius 1 is 0.750 bits per heavy atom. The van der Waals surface area contributed by atoms with Crippen molar-refractivity contribution < 1.29 is 38.5 Å². The molecule has 0 aromatic heterocycles. The lowest BCUT2D eigenvalue weighted by Crippen LogP contribution is -2.33. The first-order valence-electron chi connectivity index (χ1n) is 9.32. The highest BCUT2D eigenvalue weighted by Crippen LogP contribution is 2.19. The molecule has 2 aromatic rings. The minimum Gasteiger partial charge on any atom is -0.423 e. The van der Waals surface area contributed by atoms with Crippen LogP contribution in [0, 0.1) is 11.6 Å². The van der Waals surface area contributed by atoms with Gasteiger partial charge >= 0.3 is 14.2 Å². The summed E-state index contributed by atoms with van der Waals surface area (Å²) >= 11 is 0. The Labute approximate surface area is 191 Å². The van der Waals surface area contributed by atoms with E-state index in [-0.39, 0.29) is 35.1 Å². The zero-order valence-electron chi connectivity index (χ0n) is 16.6. The van der Waals surface area contributed by atoms with Crippen LogP contribution in [0.4, 0.5) is 8.78 Å². The third kappa shape index (κ3) is 7.80. The monoisotopic (exact) mass is 484 g/mol. The van der Waals surface area contributed by atoms with E-state index in [0.717, 1.165) is 24.3 Å². The van der Waals surface area contributed by atoms with Crippen molar-refractivity contribution in [1.29, 1.82) is 0 Å². The Morgan fingerprint density at radius 3 is 1.47 bits per heavy atom. The average molecular weight is 484 g/mol. The summed E-state index contributed by atoms with van der Waals surface area (Å²) in [7, 11) is -0.825. The molecule has 0 bridgehead atoms. The van der Waals surface area contributed by atoms with Crippen LogP contribution in [-0.2, 0) is 0 Å². The highest BCUT2D eigenvalue weighted by Gasteiger charge is 2.18. The van der Waals surface area contributed by atoms with Gasteiger partial charge in [-0.2, -0.15) is 0 Å². The van der Waals surface area contributed by atoms with Crippen LogP contribution in [0.3, 0.4) is 0 Å². The van der Waals surface area contributed by atoms with Crippen molar-refractivity contribution >= 4 is 58.6 Å². The molecule has 8 nitrogen and oxygen atoms in total. The van der Waals surface area contributed by atoms with E-state index in [9.17, 15) is 18.4 Å². The molecular weight excluding hydrogens is 464 g/mol. The molecule has 0 atom stereocenters. The fraction of sp³-hybridized carbons (Fsp3) is 0.222. The molecule has 14 heteroatoms. The van der Waals surface area contributed by atoms with Crippen LogP contribution < -0.4 is 21.6 Å². The topological polar surface area (TPSA) is 139 Å². The van der Waals surface area contributed by atoms with Gasteiger partial charge in [0.05, 0.1) is 11.1 Å². The number of halogens is 2.